The van der Waals surface area contributed by atoms with E-state index < -0.39 is 24.1 Å². The van der Waals surface area contributed by atoms with Crippen LogP contribution in [-0.4, -0.2) is 40.0 Å². The maximum atomic E-state index is 12.6. The zero-order valence-corrected chi connectivity index (χ0v) is 13.9. The number of carbonyl (C=O) groups excluding carboxylic acids is 2. The first-order valence-corrected chi connectivity index (χ1v) is 8.63. The van der Waals surface area contributed by atoms with E-state index in [2.05, 4.69) is 10.3 Å². The Kier molecular flexibility index (Phi) is 5.20. The molecule has 1 fully saturated rings. The number of ketones is 1. The Morgan fingerprint density at radius 1 is 1.24 bits per heavy atom. The van der Waals surface area contributed by atoms with Gasteiger partial charge in [-0.3, -0.25) is 9.59 Å². The molecule has 2 heterocycles. The monoisotopic (exact) mass is 360 g/mol. The first-order valence-electron chi connectivity index (χ1n) is 7.68. The Bertz CT molecular complexity index is 763. The van der Waals surface area contributed by atoms with Crippen LogP contribution in [0.2, 0.25) is 0 Å². The lowest BCUT2D eigenvalue weighted by molar-refractivity contribution is -0.138. The lowest BCUT2D eigenvalue weighted by atomic mass is 9.94. The molecule has 1 amide bonds. The average Bonchev–Trinajstić information content (AvgIpc) is 3.25. The molecule has 1 saturated heterocycles. The van der Waals surface area contributed by atoms with Crippen LogP contribution in [-0.2, 0) is 25.5 Å². The number of hydrogen-bond acceptors (Lipinski definition) is 6. The van der Waals surface area contributed by atoms with Gasteiger partial charge in [-0.15, -0.1) is 11.3 Å². The highest BCUT2D eigenvalue weighted by molar-refractivity contribution is 7.07. The van der Waals surface area contributed by atoms with E-state index in [0.29, 0.717) is 12.1 Å². The molecule has 8 heteroatoms. The van der Waals surface area contributed by atoms with Crippen LogP contribution in [0.15, 0.2) is 41.2 Å². The van der Waals surface area contributed by atoms with E-state index in [0.717, 1.165) is 5.69 Å². The highest BCUT2D eigenvalue weighted by Gasteiger charge is 2.50. The average molecular weight is 360 g/mol. The zero-order valence-electron chi connectivity index (χ0n) is 13.1. The van der Waals surface area contributed by atoms with E-state index in [1.807, 2.05) is 11.4 Å². The fraction of sp³-hybridized carbons (Fsp3) is 0.294. The number of rotatable bonds is 8. The molecule has 0 radical (unpaired) electrons. The van der Waals surface area contributed by atoms with Gasteiger partial charge in [0.05, 0.1) is 17.1 Å². The van der Waals surface area contributed by atoms with Gasteiger partial charge in [0.2, 0.25) is 5.91 Å². The fourth-order valence-electron chi connectivity index (χ4n) is 2.52. The van der Waals surface area contributed by atoms with E-state index in [-0.39, 0.29) is 18.1 Å². The summed E-state index contributed by atoms with van der Waals surface area (Å²) in [5.41, 5.74) is 3.01. The summed E-state index contributed by atoms with van der Waals surface area (Å²) in [5, 5.41) is 13.5. The number of ether oxygens (including phenoxy) is 1. The molecule has 1 aliphatic heterocycles. The van der Waals surface area contributed by atoms with Gasteiger partial charge in [0, 0.05) is 23.9 Å². The summed E-state index contributed by atoms with van der Waals surface area (Å²) in [5.74, 6) is -2.49. The van der Waals surface area contributed by atoms with E-state index >= 15 is 0 Å². The van der Waals surface area contributed by atoms with Gasteiger partial charge in [-0.1, -0.05) is 18.2 Å². The van der Waals surface area contributed by atoms with E-state index in [4.69, 9.17) is 9.84 Å². The predicted molar refractivity (Wildman–Crippen MR) is 90.3 cm³/mol. The number of Topliss-reactive ketones (excluding diaryl/α,β-unsaturated/α-hetero) is 1. The van der Waals surface area contributed by atoms with Crippen LogP contribution in [0.25, 0.3) is 0 Å². The number of amides is 1. The highest BCUT2D eigenvalue weighted by atomic mass is 32.1. The number of nitrogens with one attached hydrogen (secondary N) is 1. The van der Waals surface area contributed by atoms with Gasteiger partial charge in [0.15, 0.2) is 18.0 Å². The van der Waals surface area contributed by atoms with Gasteiger partial charge in [-0.25, -0.2) is 9.78 Å². The second-order valence-corrected chi connectivity index (χ2v) is 6.44. The zero-order chi connectivity index (χ0) is 17.8. The molecule has 7 nitrogen and oxygen atoms in total. The number of para-hydroxylation sites is 1. The molecule has 0 spiro atoms. The van der Waals surface area contributed by atoms with Crippen molar-refractivity contribution >= 4 is 34.7 Å². The van der Waals surface area contributed by atoms with Crippen molar-refractivity contribution in [2.45, 2.75) is 25.0 Å². The van der Waals surface area contributed by atoms with Crippen molar-refractivity contribution in [2.75, 3.05) is 5.32 Å². The number of benzene rings is 1. The predicted octanol–water partition coefficient (Wildman–Crippen LogP) is 1.75. The van der Waals surface area contributed by atoms with Gasteiger partial charge in [0.1, 0.15) is 0 Å². The maximum absolute atomic E-state index is 12.6. The minimum atomic E-state index is -1.16. The summed E-state index contributed by atoms with van der Waals surface area (Å²) in [7, 11) is 0. The van der Waals surface area contributed by atoms with Gasteiger partial charge in [0.25, 0.3) is 0 Å². The van der Waals surface area contributed by atoms with Crippen LogP contribution in [0, 0.1) is 5.92 Å². The molecule has 0 bridgehead atoms. The molecule has 25 heavy (non-hydrogen) atoms. The Hall–Kier alpha value is -2.58. The van der Waals surface area contributed by atoms with E-state index in [1.54, 1.807) is 29.8 Å². The van der Waals surface area contributed by atoms with Gasteiger partial charge >= 0.3 is 5.97 Å². The molecule has 2 aromatic rings. The van der Waals surface area contributed by atoms with Crippen molar-refractivity contribution in [2.24, 2.45) is 5.92 Å². The minimum Gasteiger partial charge on any atom is -0.479 e. The second kappa shape index (κ2) is 7.54. The van der Waals surface area contributed by atoms with Crippen molar-refractivity contribution in [3.05, 3.63) is 46.9 Å². The minimum absolute atomic E-state index is 0.0926. The summed E-state index contributed by atoms with van der Waals surface area (Å²) in [4.78, 5) is 39.8. The molecule has 2 N–H and O–H groups in total. The number of nitrogens with zero attached hydrogens (tertiary/aromatic N) is 1. The van der Waals surface area contributed by atoms with Crippen LogP contribution in [0.3, 0.4) is 0 Å². The number of aliphatic carboxylic acids is 1. The topological polar surface area (TPSA) is 109 Å². The fourth-order valence-corrected chi connectivity index (χ4v) is 3.09. The number of carboxylic acid groups (broad SMARTS) is 1. The Morgan fingerprint density at radius 2 is 2.00 bits per heavy atom. The van der Waals surface area contributed by atoms with Crippen molar-refractivity contribution < 1.29 is 24.2 Å². The molecule has 1 aliphatic rings. The Labute approximate surface area is 147 Å². The molecule has 3 rings (SSSR count). The SMILES string of the molecule is O=C(Nc1ccccc1)[C@@H](CC(=O)[C@H]1O[C@@H]1C(=O)O)Cc1cscn1. The van der Waals surface area contributed by atoms with Crippen LogP contribution in [0.4, 0.5) is 5.69 Å². The lowest BCUT2D eigenvalue weighted by Gasteiger charge is -2.15. The Balaban J connectivity index is 1.67. The standard InChI is InChI=1S/C17H16N2O5S/c20-13(14-15(24-14)17(22)23)7-10(6-12-8-25-9-18-12)16(21)19-11-4-2-1-3-5-11/h1-5,8-10,14-15H,6-7H2,(H,19,21)(H,22,23)/t10-,14-,15+/m1/s1. The normalized spacial score (nSPS) is 19.8. The van der Waals surface area contributed by atoms with Crippen molar-refractivity contribution in [1.29, 1.82) is 0 Å². The number of hydrogen-bond donors (Lipinski definition) is 2. The number of epoxide rings is 1. The van der Waals surface area contributed by atoms with Gasteiger partial charge < -0.3 is 15.2 Å². The molecule has 0 saturated carbocycles. The van der Waals surface area contributed by atoms with Crippen LogP contribution < -0.4 is 5.32 Å². The quantitative estimate of drug-likeness (QED) is 0.694. The molecular weight excluding hydrogens is 344 g/mol. The number of thiazole rings is 1. The van der Waals surface area contributed by atoms with Gasteiger partial charge in [-0.2, -0.15) is 0 Å². The largest absolute Gasteiger partial charge is 0.479 e. The molecular formula is C17H16N2O5S. The summed E-state index contributed by atoms with van der Waals surface area (Å²) in [6.07, 6.45) is -1.84. The number of carboxylic acids is 1. The molecule has 1 aromatic heterocycles. The maximum Gasteiger partial charge on any atom is 0.336 e. The van der Waals surface area contributed by atoms with Crippen molar-refractivity contribution in [3.63, 3.8) is 0 Å². The third-order valence-electron chi connectivity index (χ3n) is 3.85. The van der Waals surface area contributed by atoms with Crippen molar-refractivity contribution in [3.8, 4) is 0 Å². The number of carbonyl (C=O) groups is 3. The smallest absolute Gasteiger partial charge is 0.336 e. The number of aromatic nitrogens is 1. The van der Waals surface area contributed by atoms with Crippen LogP contribution >= 0.6 is 11.3 Å². The molecule has 3 atom stereocenters. The van der Waals surface area contributed by atoms with E-state index in [9.17, 15) is 14.4 Å². The summed E-state index contributed by atoms with van der Waals surface area (Å²) < 4.78 is 4.88. The molecule has 0 unspecified atom stereocenters. The third kappa shape index (κ3) is 4.49. The first-order chi connectivity index (χ1) is 12.0. The second-order valence-electron chi connectivity index (χ2n) is 5.72. The summed E-state index contributed by atoms with van der Waals surface area (Å²) >= 11 is 1.41. The van der Waals surface area contributed by atoms with Crippen molar-refractivity contribution in [1.82, 2.24) is 4.98 Å². The summed E-state index contributed by atoms with van der Waals surface area (Å²) in [6, 6.07) is 8.94. The summed E-state index contributed by atoms with van der Waals surface area (Å²) in [6.45, 7) is 0. The van der Waals surface area contributed by atoms with E-state index in [1.165, 1.54) is 11.3 Å². The molecule has 0 aliphatic carbocycles. The first kappa shape index (κ1) is 17.2. The Morgan fingerprint density at radius 3 is 2.60 bits per heavy atom. The molecule has 130 valence electrons. The van der Waals surface area contributed by atoms with Gasteiger partial charge in [-0.05, 0) is 12.1 Å². The van der Waals surface area contributed by atoms with Crippen LogP contribution in [0.5, 0.6) is 0 Å². The number of anilines is 1. The third-order valence-corrected chi connectivity index (χ3v) is 4.49. The molecule has 1 aromatic carbocycles. The van der Waals surface area contributed by atoms with Crippen LogP contribution in [0.1, 0.15) is 12.1 Å². The highest BCUT2D eigenvalue weighted by Crippen LogP contribution is 2.27. The lowest BCUT2D eigenvalue weighted by Crippen LogP contribution is -2.29.